The minimum absolute atomic E-state index is 0.0510. The summed E-state index contributed by atoms with van der Waals surface area (Å²) in [6, 6.07) is 3.04. The zero-order valence-electron chi connectivity index (χ0n) is 8.11. The molecule has 0 N–H and O–H groups in total. The molecule has 3 nitrogen and oxygen atoms in total. The highest BCUT2D eigenvalue weighted by Gasteiger charge is 2.24. The number of thioether (sulfide) groups is 1. The van der Waals surface area contributed by atoms with Gasteiger partial charge in [0.15, 0.2) is 17.0 Å². The quantitative estimate of drug-likeness (QED) is 0.764. The van der Waals surface area contributed by atoms with Crippen molar-refractivity contribution in [3.05, 3.63) is 29.8 Å². The van der Waals surface area contributed by atoms with Gasteiger partial charge in [-0.15, -0.1) is 11.8 Å². The van der Waals surface area contributed by atoms with Crippen LogP contribution in [-0.4, -0.2) is 23.8 Å². The molecule has 6 heteroatoms. The molecule has 1 aliphatic rings. The standard InChI is InChI=1S/C10H8F2O3S/c11-6-1-2-8(7(12)3-6)14-4-10-15-9(13)5-16-10/h1-3,10H,4-5H2. The molecule has 1 saturated heterocycles. The third kappa shape index (κ3) is 2.63. The van der Waals surface area contributed by atoms with Crippen LogP contribution in [0.3, 0.4) is 0 Å². The first-order valence-corrected chi connectivity index (χ1v) is 5.59. The predicted octanol–water partition coefficient (Wildman–Crippen LogP) is 1.96. The average Bonchev–Trinajstić information content (AvgIpc) is 2.63. The highest BCUT2D eigenvalue weighted by molar-refractivity contribution is 8.00. The van der Waals surface area contributed by atoms with E-state index in [4.69, 9.17) is 9.47 Å². The average molecular weight is 246 g/mol. The van der Waals surface area contributed by atoms with E-state index in [1.807, 2.05) is 0 Å². The fourth-order valence-corrected chi connectivity index (χ4v) is 1.94. The molecule has 16 heavy (non-hydrogen) atoms. The summed E-state index contributed by atoms with van der Waals surface area (Å²) < 4.78 is 35.6. The topological polar surface area (TPSA) is 35.5 Å². The summed E-state index contributed by atoms with van der Waals surface area (Å²) in [5, 5.41) is 0. The van der Waals surface area contributed by atoms with Crippen molar-refractivity contribution < 1.29 is 23.0 Å². The zero-order valence-corrected chi connectivity index (χ0v) is 8.93. The van der Waals surface area contributed by atoms with E-state index in [1.165, 1.54) is 17.8 Å². The number of hydrogen-bond acceptors (Lipinski definition) is 4. The maximum absolute atomic E-state index is 13.1. The van der Waals surface area contributed by atoms with Gasteiger partial charge in [-0.25, -0.2) is 8.78 Å². The molecule has 0 bridgehead atoms. The van der Waals surface area contributed by atoms with Crippen LogP contribution in [0, 0.1) is 11.6 Å². The Bertz CT molecular complexity index is 411. The largest absolute Gasteiger partial charge is 0.486 e. The van der Waals surface area contributed by atoms with E-state index in [-0.39, 0.29) is 24.1 Å². The number of esters is 1. The summed E-state index contributed by atoms with van der Waals surface area (Å²) >= 11 is 1.29. The molecule has 1 unspecified atom stereocenters. The number of hydrogen-bond donors (Lipinski definition) is 0. The molecular weight excluding hydrogens is 238 g/mol. The lowest BCUT2D eigenvalue weighted by Crippen LogP contribution is -2.15. The Kier molecular flexibility index (Phi) is 3.28. The molecule has 1 fully saturated rings. The molecule has 0 aliphatic carbocycles. The second-order valence-electron chi connectivity index (χ2n) is 3.12. The number of ether oxygens (including phenoxy) is 2. The van der Waals surface area contributed by atoms with Crippen LogP contribution >= 0.6 is 11.8 Å². The predicted molar refractivity (Wildman–Crippen MR) is 54.2 cm³/mol. The van der Waals surface area contributed by atoms with E-state index in [1.54, 1.807) is 0 Å². The van der Waals surface area contributed by atoms with Crippen LogP contribution in [0.1, 0.15) is 0 Å². The van der Waals surface area contributed by atoms with Gasteiger partial charge in [-0.1, -0.05) is 0 Å². The number of carbonyl (C=O) groups excluding carboxylic acids is 1. The van der Waals surface area contributed by atoms with Crippen LogP contribution in [0.25, 0.3) is 0 Å². The molecule has 0 spiro atoms. The first-order chi connectivity index (χ1) is 7.65. The van der Waals surface area contributed by atoms with Gasteiger partial charge in [-0.2, -0.15) is 0 Å². The molecule has 2 rings (SSSR count). The second kappa shape index (κ2) is 4.69. The van der Waals surface area contributed by atoms with Gasteiger partial charge < -0.3 is 9.47 Å². The fraction of sp³-hybridized carbons (Fsp3) is 0.300. The summed E-state index contributed by atoms with van der Waals surface area (Å²) in [4.78, 5) is 10.8. The number of carbonyl (C=O) groups is 1. The lowest BCUT2D eigenvalue weighted by Gasteiger charge is -2.10. The number of halogens is 2. The van der Waals surface area contributed by atoms with Crippen molar-refractivity contribution in [2.75, 3.05) is 12.4 Å². The van der Waals surface area contributed by atoms with Crippen LogP contribution in [0.5, 0.6) is 5.75 Å². The number of cyclic esters (lactones) is 1. The van der Waals surface area contributed by atoms with E-state index in [0.717, 1.165) is 12.1 Å². The van der Waals surface area contributed by atoms with Crippen LogP contribution < -0.4 is 4.74 Å². The highest BCUT2D eigenvalue weighted by atomic mass is 32.2. The van der Waals surface area contributed by atoms with Crippen molar-refractivity contribution in [2.24, 2.45) is 0 Å². The molecule has 0 saturated carbocycles. The van der Waals surface area contributed by atoms with E-state index < -0.39 is 17.1 Å². The van der Waals surface area contributed by atoms with E-state index >= 15 is 0 Å². The highest BCUT2D eigenvalue weighted by Crippen LogP contribution is 2.23. The number of rotatable bonds is 3. The molecular formula is C10H8F2O3S. The van der Waals surface area contributed by atoms with E-state index in [2.05, 4.69) is 0 Å². The van der Waals surface area contributed by atoms with Gasteiger partial charge in [-0.05, 0) is 12.1 Å². The summed E-state index contributed by atoms with van der Waals surface area (Å²) in [6.07, 6.45) is 0. The minimum atomic E-state index is -0.769. The van der Waals surface area contributed by atoms with Crippen molar-refractivity contribution in [1.29, 1.82) is 0 Å². The smallest absolute Gasteiger partial charge is 0.317 e. The Hall–Kier alpha value is -1.30. The van der Waals surface area contributed by atoms with Gasteiger partial charge in [0.1, 0.15) is 12.4 Å². The van der Waals surface area contributed by atoms with Gasteiger partial charge in [0.05, 0.1) is 5.75 Å². The van der Waals surface area contributed by atoms with Gasteiger partial charge >= 0.3 is 5.97 Å². The monoisotopic (exact) mass is 246 g/mol. The van der Waals surface area contributed by atoms with Gasteiger partial charge in [0, 0.05) is 6.07 Å². The first kappa shape index (κ1) is 11.2. The van der Waals surface area contributed by atoms with Crippen molar-refractivity contribution >= 4 is 17.7 Å². The molecule has 1 atom stereocenters. The van der Waals surface area contributed by atoms with Gasteiger partial charge in [-0.3, -0.25) is 4.79 Å². The second-order valence-corrected chi connectivity index (χ2v) is 4.26. The van der Waals surface area contributed by atoms with Crippen molar-refractivity contribution in [1.82, 2.24) is 0 Å². The molecule has 1 aromatic carbocycles. The summed E-state index contributed by atoms with van der Waals surface area (Å²) in [6.45, 7) is 0.0545. The van der Waals surface area contributed by atoms with Crippen LogP contribution in [0.4, 0.5) is 8.78 Å². The zero-order chi connectivity index (χ0) is 11.5. The molecule has 1 heterocycles. The maximum Gasteiger partial charge on any atom is 0.317 e. The van der Waals surface area contributed by atoms with E-state index in [0.29, 0.717) is 0 Å². The van der Waals surface area contributed by atoms with Crippen LogP contribution in [-0.2, 0) is 9.53 Å². The lowest BCUT2D eigenvalue weighted by molar-refractivity contribution is -0.140. The lowest BCUT2D eigenvalue weighted by atomic mass is 10.3. The Morgan fingerprint density at radius 3 is 2.94 bits per heavy atom. The van der Waals surface area contributed by atoms with Crippen LogP contribution in [0.2, 0.25) is 0 Å². The first-order valence-electron chi connectivity index (χ1n) is 4.54. The van der Waals surface area contributed by atoms with Crippen molar-refractivity contribution in [2.45, 2.75) is 5.44 Å². The maximum atomic E-state index is 13.1. The van der Waals surface area contributed by atoms with Gasteiger partial charge in [0.2, 0.25) is 0 Å². The molecule has 0 amide bonds. The minimum Gasteiger partial charge on any atom is -0.486 e. The Balaban J connectivity index is 1.92. The Labute approximate surface area is 94.7 Å². The normalized spacial score (nSPS) is 19.6. The molecule has 0 aromatic heterocycles. The van der Waals surface area contributed by atoms with Crippen molar-refractivity contribution in [3.8, 4) is 5.75 Å². The summed E-state index contributed by atoms with van der Waals surface area (Å²) in [5.74, 6) is -1.51. The molecule has 0 radical (unpaired) electrons. The fourth-order valence-electron chi connectivity index (χ4n) is 1.21. The third-order valence-electron chi connectivity index (χ3n) is 1.92. The number of benzene rings is 1. The van der Waals surface area contributed by atoms with Crippen molar-refractivity contribution in [3.63, 3.8) is 0 Å². The summed E-state index contributed by atoms with van der Waals surface area (Å²) in [5.41, 5.74) is -0.419. The molecule has 1 aromatic rings. The molecule has 86 valence electrons. The van der Waals surface area contributed by atoms with E-state index in [9.17, 15) is 13.6 Å². The Morgan fingerprint density at radius 1 is 1.50 bits per heavy atom. The van der Waals surface area contributed by atoms with Gasteiger partial charge in [0.25, 0.3) is 0 Å². The Morgan fingerprint density at radius 2 is 2.31 bits per heavy atom. The SMILES string of the molecule is O=C1CSC(COc2ccc(F)cc2F)O1. The molecule has 1 aliphatic heterocycles. The van der Waals surface area contributed by atoms with Crippen LogP contribution in [0.15, 0.2) is 18.2 Å². The summed E-state index contributed by atoms with van der Waals surface area (Å²) in [7, 11) is 0. The third-order valence-corrected chi connectivity index (χ3v) is 2.93.